The summed E-state index contributed by atoms with van der Waals surface area (Å²) >= 11 is 0. The van der Waals surface area contributed by atoms with E-state index in [-0.39, 0.29) is 12.8 Å². The Labute approximate surface area is 84.1 Å². The fourth-order valence-corrected chi connectivity index (χ4v) is 1.62. The highest BCUT2D eigenvalue weighted by Crippen LogP contribution is 2.16. The number of hydrogen-bond acceptors (Lipinski definition) is 3. The molecule has 0 spiro atoms. The molecular formula is C9H18N2O3. The van der Waals surface area contributed by atoms with E-state index in [9.17, 15) is 4.79 Å². The minimum absolute atomic E-state index is 0.0675. The molecule has 0 aromatic heterocycles. The fraction of sp³-hybridized carbons (Fsp3) is 0.889. The molecule has 2 amide bonds. The largest absolute Gasteiger partial charge is 0.356 e. The van der Waals surface area contributed by atoms with Gasteiger partial charge in [-0.25, -0.2) is 15.1 Å². The second kappa shape index (κ2) is 6.62. The SMILES string of the molecule is COCONC(=O)NC1CCCCC1. The maximum Gasteiger partial charge on any atom is 0.339 e. The normalized spacial score (nSPS) is 17.8. The molecule has 0 bridgehead atoms. The van der Waals surface area contributed by atoms with Crippen molar-refractivity contribution >= 4 is 6.03 Å². The highest BCUT2D eigenvalue weighted by atomic mass is 16.8. The summed E-state index contributed by atoms with van der Waals surface area (Å²) in [6.45, 7) is 0.0675. The van der Waals surface area contributed by atoms with E-state index in [1.807, 2.05) is 0 Å². The van der Waals surface area contributed by atoms with Gasteiger partial charge < -0.3 is 10.1 Å². The van der Waals surface area contributed by atoms with E-state index in [1.165, 1.54) is 26.4 Å². The van der Waals surface area contributed by atoms with Crippen molar-refractivity contribution in [2.45, 2.75) is 38.1 Å². The number of hydrogen-bond donors (Lipinski definition) is 2. The van der Waals surface area contributed by atoms with E-state index >= 15 is 0 Å². The Morgan fingerprint density at radius 2 is 2.07 bits per heavy atom. The molecule has 1 aliphatic rings. The fourth-order valence-electron chi connectivity index (χ4n) is 1.62. The molecule has 14 heavy (non-hydrogen) atoms. The number of urea groups is 1. The molecule has 1 fully saturated rings. The average Bonchev–Trinajstić information content (AvgIpc) is 2.20. The molecule has 0 unspecified atom stereocenters. The molecule has 0 aromatic rings. The number of hydroxylamine groups is 1. The van der Waals surface area contributed by atoms with Crippen LogP contribution in [0.25, 0.3) is 0 Å². The van der Waals surface area contributed by atoms with Crippen molar-refractivity contribution in [1.29, 1.82) is 0 Å². The summed E-state index contributed by atoms with van der Waals surface area (Å²) < 4.78 is 4.62. The topological polar surface area (TPSA) is 59.6 Å². The van der Waals surface area contributed by atoms with Gasteiger partial charge in [0.1, 0.15) is 0 Å². The monoisotopic (exact) mass is 202 g/mol. The van der Waals surface area contributed by atoms with Crippen LogP contribution < -0.4 is 10.8 Å². The van der Waals surface area contributed by atoms with Crippen LogP contribution in [0.3, 0.4) is 0 Å². The van der Waals surface area contributed by atoms with Crippen LogP contribution in [0.2, 0.25) is 0 Å². The van der Waals surface area contributed by atoms with Gasteiger partial charge in [-0.15, -0.1) is 0 Å². The minimum atomic E-state index is -0.283. The number of rotatable bonds is 4. The lowest BCUT2D eigenvalue weighted by molar-refractivity contribution is -0.0667. The van der Waals surface area contributed by atoms with Crippen molar-refractivity contribution in [2.24, 2.45) is 0 Å². The Balaban J connectivity index is 2.06. The number of nitrogens with one attached hydrogen (secondary N) is 2. The smallest absolute Gasteiger partial charge is 0.339 e. The summed E-state index contributed by atoms with van der Waals surface area (Å²) in [5.41, 5.74) is 2.26. The van der Waals surface area contributed by atoms with Gasteiger partial charge in [0.15, 0.2) is 6.79 Å². The molecule has 0 aliphatic heterocycles. The molecular weight excluding hydrogens is 184 g/mol. The van der Waals surface area contributed by atoms with Crippen LogP contribution in [0.1, 0.15) is 32.1 Å². The van der Waals surface area contributed by atoms with E-state index < -0.39 is 0 Å². The van der Waals surface area contributed by atoms with Gasteiger partial charge in [-0.2, -0.15) is 0 Å². The second-order valence-electron chi connectivity index (χ2n) is 3.46. The zero-order valence-corrected chi connectivity index (χ0v) is 8.54. The number of amides is 2. The first-order chi connectivity index (χ1) is 6.83. The van der Waals surface area contributed by atoms with Crippen molar-refractivity contribution in [3.8, 4) is 0 Å². The molecule has 1 saturated carbocycles. The van der Waals surface area contributed by atoms with E-state index in [1.54, 1.807) is 0 Å². The third-order valence-corrected chi connectivity index (χ3v) is 2.28. The van der Waals surface area contributed by atoms with Crippen LogP contribution in [-0.4, -0.2) is 26.0 Å². The van der Waals surface area contributed by atoms with Gasteiger partial charge in [0.25, 0.3) is 0 Å². The minimum Gasteiger partial charge on any atom is -0.356 e. The van der Waals surface area contributed by atoms with Crippen LogP contribution in [-0.2, 0) is 9.57 Å². The Hall–Kier alpha value is -0.810. The summed E-state index contributed by atoms with van der Waals surface area (Å²) in [4.78, 5) is 15.9. The van der Waals surface area contributed by atoms with E-state index in [2.05, 4.69) is 15.5 Å². The Morgan fingerprint density at radius 1 is 1.36 bits per heavy atom. The maximum atomic E-state index is 11.2. The summed E-state index contributed by atoms with van der Waals surface area (Å²) in [6.07, 6.45) is 5.81. The van der Waals surface area contributed by atoms with E-state index in [4.69, 9.17) is 4.84 Å². The van der Waals surface area contributed by atoms with Gasteiger partial charge in [0, 0.05) is 13.2 Å². The molecule has 2 N–H and O–H groups in total. The zero-order chi connectivity index (χ0) is 10.2. The van der Waals surface area contributed by atoms with E-state index in [0.29, 0.717) is 6.04 Å². The summed E-state index contributed by atoms with van der Waals surface area (Å²) in [5, 5.41) is 2.85. The van der Waals surface area contributed by atoms with Crippen LogP contribution in [0.4, 0.5) is 4.79 Å². The molecule has 0 heterocycles. The van der Waals surface area contributed by atoms with Crippen molar-refractivity contribution in [1.82, 2.24) is 10.8 Å². The standard InChI is InChI=1S/C9H18N2O3/c1-13-7-14-11-9(12)10-8-5-3-2-4-6-8/h8H,2-7H2,1H3,(H2,10,11,12). The van der Waals surface area contributed by atoms with Gasteiger partial charge >= 0.3 is 6.03 Å². The second-order valence-corrected chi connectivity index (χ2v) is 3.46. The van der Waals surface area contributed by atoms with Crippen molar-refractivity contribution < 1.29 is 14.4 Å². The van der Waals surface area contributed by atoms with Gasteiger partial charge in [-0.05, 0) is 12.8 Å². The molecule has 1 rings (SSSR count). The van der Waals surface area contributed by atoms with Crippen LogP contribution in [0.5, 0.6) is 0 Å². The van der Waals surface area contributed by atoms with Gasteiger partial charge in [0.2, 0.25) is 0 Å². The van der Waals surface area contributed by atoms with Crippen LogP contribution in [0, 0.1) is 0 Å². The molecule has 5 heteroatoms. The third-order valence-electron chi connectivity index (χ3n) is 2.28. The maximum absolute atomic E-state index is 11.2. The van der Waals surface area contributed by atoms with Gasteiger partial charge in [-0.1, -0.05) is 19.3 Å². The summed E-state index contributed by atoms with van der Waals surface area (Å²) in [7, 11) is 1.50. The number of methoxy groups -OCH3 is 1. The highest BCUT2D eigenvalue weighted by Gasteiger charge is 2.15. The lowest BCUT2D eigenvalue weighted by Crippen LogP contribution is -2.43. The zero-order valence-electron chi connectivity index (χ0n) is 8.54. The molecule has 0 saturated heterocycles. The predicted molar refractivity (Wildman–Crippen MR) is 51.5 cm³/mol. The molecule has 82 valence electrons. The highest BCUT2D eigenvalue weighted by molar-refractivity contribution is 5.72. The van der Waals surface area contributed by atoms with Crippen molar-refractivity contribution in [3.63, 3.8) is 0 Å². The predicted octanol–water partition coefficient (Wildman–Crippen LogP) is 1.15. The lowest BCUT2D eigenvalue weighted by Gasteiger charge is -2.22. The van der Waals surface area contributed by atoms with Crippen molar-refractivity contribution in [2.75, 3.05) is 13.9 Å². The molecule has 0 radical (unpaired) electrons. The summed E-state index contributed by atoms with van der Waals surface area (Å²) in [6, 6.07) is 0.0174. The quantitative estimate of drug-likeness (QED) is 0.408. The summed E-state index contributed by atoms with van der Waals surface area (Å²) in [5.74, 6) is 0. The van der Waals surface area contributed by atoms with Crippen LogP contribution >= 0.6 is 0 Å². The average molecular weight is 202 g/mol. The lowest BCUT2D eigenvalue weighted by atomic mass is 9.96. The van der Waals surface area contributed by atoms with Gasteiger partial charge in [-0.3, -0.25) is 0 Å². The molecule has 1 aliphatic carbocycles. The van der Waals surface area contributed by atoms with Gasteiger partial charge in [0.05, 0.1) is 0 Å². The number of carbonyl (C=O) groups is 1. The Kier molecular flexibility index (Phi) is 5.32. The Morgan fingerprint density at radius 3 is 2.71 bits per heavy atom. The number of carbonyl (C=O) groups excluding carboxylic acids is 1. The van der Waals surface area contributed by atoms with E-state index in [0.717, 1.165) is 12.8 Å². The first-order valence-corrected chi connectivity index (χ1v) is 5.00. The Bertz CT molecular complexity index is 169. The molecule has 5 nitrogen and oxygen atoms in total. The number of ether oxygens (including phenoxy) is 1. The van der Waals surface area contributed by atoms with Crippen LogP contribution in [0.15, 0.2) is 0 Å². The third kappa shape index (κ3) is 4.43. The molecule has 0 aromatic carbocycles. The van der Waals surface area contributed by atoms with Crippen molar-refractivity contribution in [3.05, 3.63) is 0 Å². The molecule has 0 atom stereocenters. The first-order valence-electron chi connectivity index (χ1n) is 5.00. The first kappa shape index (κ1) is 11.3.